The number of piperidine rings is 1. The number of carboxylic acid groups (broad SMARTS) is 1. The van der Waals surface area contributed by atoms with Crippen LogP contribution in [0, 0.1) is 11.2 Å². The van der Waals surface area contributed by atoms with Crippen LogP contribution in [0.5, 0.6) is 0 Å². The van der Waals surface area contributed by atoms with Gasteiger partial charge in [0.05, 0.1) is 12.6 Å². The summed E-state index contributed by atoms with van der Waals surface area (Å²) in [6.45, 7) is 0.546. The molecule has 0 aliphatic carbocycles. The summed E-state index contributed by atoms with van der Waals surface area (Å²) in [5, 5.41) is 20.3. The van der Waals surface area contributed by atoms with Crippen molar-refractivity contribution < 1.29 is 29.0 Å². The van der Waals surface area contributed by atoms with E-state index >= 15 is 0 Å². The van der Waals surface area contributed by atoms with Crippen molar-refractivity contribution in [2.45, 2.75) is 31.8 Å². The summed E-state index contributed by atoms with van der Waals surface area (Å²) in [5.74, 6) is -2.02. The molecule has 2 N–H and O–H groups in total. The van der Waals surface area contributed by atoms with Crippen LogP contribution in [0.4, 0.5) is 4.39 Å². The Morgan fingerprint density at radius 1 is 1.22 bits per heavy atom. The maximum atomic E-state index is 13.1. The summed E-state index contributed by atoms with van der Waals surface area (Å²) in [5.41, 5.74) is -0.998. The van der Waals surface area contributed by atoms with Crippen LogP contribution in [0.3, 0.4) is 0 Å². The van der Waals surface area contributed by atoms with Crippen LogP contribution in [0.1, 0.15) is 24.8 Å². The number of carboxylic acids is 1. The van der Waals surface area contributed by atoms with Crippen molar-refractivity contribution in [3.05, 3.63) is 35.6 Å². The highest BCUT2D eigenvalue weighted by Crippen LogP contribution is 2.35. The molecule has 1 aromatic carbocycles. The van der Waals surface area contributed by atoms with Crippen LogP contribution >= 0.6 is 0 Å². The maximum Gasteiger partial charge on any atom is 0.314 e. The molecule has 2 aliphatic rings. The molecule has 0 unspecified atom stereocenters. The maximum absolute atomic E-state index is 13.1. The highest BCUT2D eigenvalue weighted by atomic mass is 19.1. The molecule has 0 aromatic heterocycles. The number of carbonyl (C=O) groups excluding carboxylic acids is 2. The summed E-state index contributed by atoms with van der Waals surface area (Å²) in [6.07, 6.45) is 0.130. The Labute approximate surface area is 156 Å². The minimum Gasteiger partial charge on any atom is -0.481 e. The fourth-order valence-corrected chi connectivity index (χ4v) is 3.85. The quantitative estimate of drug-likeness (QED) is 0.784. The van der Waals surface area contributed by atoms with Crippen LogP contribution in [0.25, 0.3) is 0 Å². The van der Waals surface area contributed by atoms with Crippen LogP contribution in [0.15, 0.2) is 24.3 Å². The Morgan fingerprint density at radius 2 is 1.93 bits per heavy atom. The smallest absolute Gasteiger partial charge is 0.314 e. The molecule has 1 aromatic rings. The van der Waals surface area contributed by atoms with Gasteiger partial charge in [-0.3, -0.25) is 14.4 Å². The number of hydrogen-bond donors (Lipinski definition) is 2. The van der Waals surface area contributed by atoms with Gasteiger partial charge in [-0.15, -0.1) is 0 Å². The second-order valence-corrected chi connectivity index (χ2v) is 7.30. The van der Waals surface area contributed by atoms with Crippen molar-refractivity contribution in [1.82, 2.24) is 9.80 Å². The zero-order valence-corrected chi connectivity index (χ0v) is 14.9. The standard InChI is InChI=1S/C19H23FN2O5/c20-14-5-3-13(4-6-14)10-19(18(26)27)12-22(9-7-15(19)23)17(25)11-21-8-1-2-16(21)24/h3-6,15,23H,1-2,7-12H2,(H,26,27)/t15-,19-/m1/s1. The monoisotopic (exact) mass is 378 g/mol. The number of aliphatic hydroxyl groups is 1. The van der Waals surface area contributed by atoms with Gasteiger partial charge in [-0.25, -0.2) is 4.39 Å². The van der Waals surface area contributed by atoms with Crippen LogP contribution in [-0.4, -0.2) is 70.1 Å². The lowest BCUT2D eigenvalue weighted by atomic mass is 9.73. The molecule has 2 amide bonds. The lowest BCUT2D eigenvalue weighted by Crippen LogP contribution is -2.59. The fourth-order valence-electron chi connectivity index (χ4n) is 3.85. The van der Waals surface area contributed by atoms with Gasteiger partial charge < -0.3 is 20.0 Å². The zero-order valence-electron chi connectivity index (χ0n) is 14.9. The van der Waals surface area contributed by atoms with Gasteiger partial charge >= 0.3 is 5.97 Å². The third-order valence-corrected chi connectivity index (χ3v) is 5.49. The van der Waals surface area contributed by atoms with E-state index in [1.807, 2.05) is 0 Å². The summed E-state index contributed by atoms with van der Waals surface area (Å²) in [7, 11) is 0. The van der Waals surface area contributed by atoms with E-state index in [-0.39, 0.29) is 44.3 Å². The molecule has 146 valence electrons. The predicted octanol–water partition coefficient (Wildman–Crippen LogP) is 0.655. The topological polar surface area (TPSA) is 98.2 Å². The Kier molecular flexibility index (Phi) is 5.46. The minimum absolute atomic E-state index is 0.0177. The molecule has 2 heterocycles. The molecule has 27 heavy (non-hydrogen) atoms. The molecule has 2 aliphatic heterocycles. The lowest BCUT2D eigenvalue weighted by molar-refractivity contribution is -0.166. The van der Waals surface area contributed by atoms with E-state index in [0.29, 0.717) is 24.9 Å². The summed E-state index contributed by atoms with van der Waals surface area (Å²) >= 11 is 0. The third-order valence-electron chi connectivity index (χ3n) is 5.49. The van der Waals surface area contributed by atoms with Crippen molar-refractivity contribution in [3.8, 4) is 0 Å². The Hall–Kier alpha value is -2.48. The Bertz CT molecular complexity index is 738. The van der Waals surface area contributed by atoms with Gasteiger partial charge in [0.2, 0.25) is 11.8 Å². The molecule has 2 fully saturated rings. The number of benzene rings is 1. The van der Waals surface area contributed by atoms with Crippen LogP contribution < -0.4 is 0 Å². The molecule has 0 saturated carbocycles. The molecule has 2 atom stereocenters. The first-order valence-electron chi connectivity index (χ1n) is 9.03. The normalized spacial score (nSPS) is 25.7. The summed E-state index contributed by atoms with van der Waals surface area (Å²) in [4.78, 5) is 39.3. The molecule has 0 bridgehead atoms. The van der Waals surface area contributed by atoms with E-state index in [1.54, 1.807) is 0 Å². The van der Waals surface area contributed by atoms with E-state index in [2.05, 4.69) is 0 Å². The largest absolute Gasteiger partial charge is 0.481 e. The Morgan fingerprint density at radius 3 is 2.52 bits per heavy atom. The van der Waals surface area contributed by atoms with Gasteiger partial charge in [-0.05, 0) is 37.0 Å². The molecule has 0 spiro atoms. The van der Waals surface area contributed by atoms with Crippen LogP contribution in [-0.2, 0) is 20.8 Å². The number of aliphatic carboxylic acids is 1. The van der Waals surface area contributed by atoms with Gasteiger partial charge in [-0.2, -0.15) is 0 Å². The number of amides is 2. The number of nitrogens with zero attached hydrogens (tertiary/aromatic N) is 2. The molecular weight excluding hydrogens is 355 g/mol. The SMILES string of the molecule is O=C1CCCN1CC(=O)N1CC[C@@H](O)[C@](Cc2ccc(F)cc2)(C(=O)O)C1. The first-order valence-corrected chi connectivity index (χ1v) is 9.03. The van der Waals surface area contributed by atoms with Crippen molar-refractivity contribution in [3.63, 3.8) is 0 Å². The molecular formula is C19H23FN2O5. The highest BCUT2D eigenvalue weighted by Gasteiger charge is 2.50. The van der Waals surface area contributed by atoms with Crippen molar-refractivity contribution in [2.24, 2.45) is 5.41 Å². The second kappa shape index (κ2) is 7.64. The first-order chi connectivity index (χ1) is 12.8. The highest BCUT2D eigenvalue weighted by molar-refractivity contribution is 5.86. The lowest BCUT2D eigenvalue weighted by Gasteiger charge is -2.43. The van der Waals surface area contributed by atoms with Crippen molar-refractivity contribution >= 4 is 17.8 Å². The van der Waals surface area contributed by atoms with E-state index in [9.17, 15) is 29.0 Å². The molecule has 7 nitrogen and oxygen atoms in total. The molecule has 0 radical (unpaired) electrons. The number of rotatable bonds is 5. The minimum atomic E-state index is -1.57. The second-order valence-electron chi connectivity index (χ2n) is 7.30. The van der Waals surface area contributed by atoms with Gasteiger partial charge in [0.1, 0.15) is 11.2 Å². The van der Waals surface area contributed by atoms with Gasteiger partial charge in [-0.1, -0.05) is 12.1 Å². The number of aliphatic hydroxyl groups excluding tert-OH is 1. The van der Waals surface area contributed by atoms with Crippen molar-refractivity contribution in [1.29, 1.82) is 0 Å². The third kappa shape index (κ3) is 3.95. The first kappa shape index (κ1) is 19.3. The predicted molar refractivity (Wildman–Crippen MR) is 93.2 cm³/mol. The van der Waals surface area contributed by atoms with E-state index in [0.717, 1.165) is 0 Å². The molecule has 8 heteroatoms. The van der Waals surface area contributed by atoms with Gasteiger partial charge in [0, 0.05) is 26.1 Å². The van der Waals surface area contributed by atoms with Crippen LogP contribution in [0.2, 0.25) is 0 Å². The fraction of sp³-hybridized carbons (Fsp3) is 0.526. The molecule has 3 rings (SSSR count). The van der Waals surface area contributed by atoms with Gasteiger partial charge in [0.15, 0.2) is 0 Å². The number of likely N-dealkylation sites (tertiary alicyclic amines) is 2. The van der Waals surface area contributed by atoms with E-state index < -0.39 is 23.3 Å². The van der Waals surface area contributed by atoms with E-state index in [1.165, 1.54) is 34.1 Å². The summed E-state index contributed by atoms with van der Waals surface area (Å²) in [6, 6.07) is 5.44. The Balaban J connectivity index is 1.77. The zero-order chi connectivity index (χ0) is 19.6. The van der Waals surface area contributed by atoms with Gasteiger partial charge in [0.25, 0.3) is 0 Å². The van der Waals surface area contributed by atoms with E-state index in [4.69, 9.17) is 0 Å². The average molecular weight is 378 g/mol. The number of hydrogen-bond acceptors (Lipinski definition) is 4. The number of halogens is 1. The molecule has 2 saturated heterocycles. The number of carbonyl (C=O) groups is 3. The average Bonchev–Trinajstić information content (AvgIpc) is 3.03. The summed E-state index contributed by atoms with van der Waals surface area (Å²) < 4.78 is 13.1. The van der Waals surface area contributed by atoms with Crippen molar-refractivity contribution in [2.75, 3.05) is 26.2 Å².